The molecule has 10 nitrogen and oxygen atoms in total. The molecule has 11 heteroatoms. The van der Waals surface area contributed by atoms with Crippen LogP contribution in [0.4, 0.5) is 0 Å². The summed E-state index contributed by atoms with van der Waals surface area (Å²) in [6, 6.07) is 9.59. The molecule has 0 bridgehead atoms. The Balaban J connectivity index is 1.66. The summed E-state index contributed by atoms with van der Waals surface area (Å²) in [6.45, 7) is 4.14. The van der Waals surface area contributed by atoms with Crippen molar-refractivity contribution in [1.29, 1.82) is 0 Å². The third kappa shape index (κ3) is 6.54. The number of hydrogen-bond acceptors (Lipinski definition) is 7. The monoisotopic (exact) mass is 571 g/mol. The second-order valence-electron chi connectivity index (χ2n) is 10.7. The van der Waals surface area contributed by atoms with Crippen molar-refractivity contribution in [3.63, 3.8) is 0 Å². The Morgan fingerprint density at radius 1 is 1.23 bits per heavy atom. The van der Waals surface area contributed by atoms with Crippen LogP contribution in [0.2, 0.25) is 0 Å². The highest BCUT2D eigenvalue weighted by Crippen LogP contribution is 2.44. The molecule has 1 unspecified atom stereocenters. The van der Waals surface area contributed by atoms with Crippen LogP contribution in [0.25, 0.3) is 22.4 Å². The molecule has 2 N–H and O–H groups in total. The van der Waals surface area contributed by atoms with Crippen molar-refractivity contribution >= 4 is 33.9 Å². The number of benzene rings is 1. The molecule has 1 amide bonds. The number of pyridine rings is 1. The number of hydrogen-bond donors (Lipinski definition) is 3. The predicted molar refractivity (Wildman–Crippen MR) is 152 cm³/mol. The number of furan rings is 1. The number of aliphatic carboxylic acids is 1. The number of methoxy groups -OCH3 is 1. The first-order valence-corrected chi connectivity index (χ1v) is 14.6. The quantitative estimate of drug-likeness (QED) is 0.244. The average Bonchev–Trinajstić information content (AvgIpc) is 3.71. The number of carboxylic acids is 1. The number of carbonyl (C=O) groups is 2. The number of fused-ring (bicyclic) bond motifs is 1. The van der Waals surface area contributed by atoms with Gasteiger partial charge in [0.25, 0.3) is 5.91 Å². The Morgan fingerprint density at radius 3 is 2.50 bits per heavy atom. The van der Waals surface area contributed by atoms with Crippen LogP contribution in [-0.2, 0) is 27.0 Å². The van der Waals surface area contributed by atoms with Crippen molar-refractivity contribution in [2.24, 2.45) is 5.41 Å². The number of amides is 1. The molecule has 4 rings (SSSR count). The van der Waals surface area contributed by atoms with E-state index in [0.29, 0.717) is 48.3 Å². The highest BCUT2D eigenvalue weighted by atomic mass is 32.2. The lowest BCUT2D eigenvalue weighted by Gasteiger charge is -2.25. The average molecular weight is 572 g/mol. The van der Waals surface area contributed by atoms with Gasteiger partial charge in [-0.1, -0.05) is 29.8 Å². The third-order valence-electron chi connectivity index (χ3n) is 7.66. The number of carboxylic acid groups (broad SMARTS) is 1. The molecule has 1 aliphatic rings. The predicted octanol–water partition coefficient (Wildman–Crippen LogP) is 4.28. The van der Waals surface area contributed by atoms with Crippen molar-refractivity contribution in [2.45, 2.75) is 58.4 Å². The van der Waals surface area contributed by atoms with Crippen LogP contribution in [0.15, 0.2) is 34.7 Å². The number of rotatable bonds is 14. The largest absolute Gasteiger partial charge is 0.481 e. The summed E-state index contributed by atoms with van der Waals surface area (Å²) in [5.41, 5.74) is 2.98. The van der Waals surface area contributed by atoms with Crippen LogP contribution in [0.1, 0.15) is 72.1 Å². The zero-order chi connectivity index (χ0) is 29.0. The lowest BCUT2D eigenvalue weighted by atomic mass is 9.82. The summed E-state index contributed by atoms with van der Waals surface area (Å²) in [5.74, 6) is -0.570. The van der Waals surface area contributed by atoms with Crippen molar-refractivity contribution in [3.8, 4) is 11.3 Å². The molecule has 0 aliphatic heterocycles. The second-order valence-corrected chi connectivity index (χ2v) is 11.8. The molecular weight excluding hydrogens is 534 g/mol. The fourth-order valence-corrected chi connectivity index (χ4v) is 5.47. The Kier molecular flexibility index (Phi) is 9.27. The number of ether oxygens (including phenoxy) is 1. The minimum absolute atomic E-state index is 0.0399. The van der Waals surface area contributed by atoms with Gasteiger partial charge in [-0.3, -0.25) is 9.59 Å². The molecule has 1 fully saturated rings. The van der Waals surface area contributed by atoms with Gasteiger partial charge in [-0.15, -0.1) is 0 Å². The summed E-state index contributed by atoms with van der Waals surface area (Å²) in [7, 11) is 0.145. The van der Waals surface area contributed by atoms with Gasteiger partial charge in [0.1, 0.15) is 5.76 Å². The minimum Gasteiger partial charge on any atom is -0.481 e. The molecule has 2 aromatic heterocycles. The van der Waals surface area contributed by atoms with Gasteiger partial charge < -0.3 is 19.6 Å². The standard InChI is InChI=1S/C29H37N3O7S/c1-18-6-8-20(9-7-18)25-24(26(33)30-3)22-16-21(19-10-11-19)23(31-27(22)39-25)17-32(40(36)37)14-5-12-29(2,28(34)35)13-15-38-4/h6-9,16,19,40H,5,10-15,17H2,1-4H3,(H,30,33)(H,34,35). The van der Waals surface area contributed by atoms with E-state index in [1.807, 2.05) is 37.3 Å². The fourth-order valence-electron chi connectivity index (χ4n) is 4.92. The number of nitrogens with one attached hydrogen (secondary N) is 1. The summed E-state index contributed by atoms with van der Waals surface area (Å²) in [5, 5.41) is 13.0. The molecule has 40 heavy (non-hydrogen) atoms. The minimum atomic E-state index is -2.94. The van der Waals surface area contributed by atoms with Gasteiger partial charge in [-0.05, 0) is 63.5 Å². The normalized spacial score (nSPS) is 15.1. The van der Waals surface area contributed by atoms with E-state index in [-0.39, 0.29) is 30.6 Å². The summed E-state index contributed by atoms with van der Waals surface area (Å²) < 4.78 is 37.0. The summed E-state index contributed by atoms with van der Waals surface area (Å²) in [6.07, 6.45) is 2.93. The maximum Gasteiger partial charge on any atom is 0.309 e. The van der Waals surface area contributed by atoms with Gasteiger partial charge in [0.15, 0.2) is 0 Å². The number of thiol groups is 1. The van der Waals surface area contributed by atoms with E-state index in [1.54, 1.807) is 14.0 Å². The molecule has 1 aromatic carbocycles. The molecule has 2 heterocycles. The van der Waals surface area contributed by atoms with E-state index in [4.69, 9.17) is 14.1 Å². The molecule has 0 radical (unpaired) electrons. The van der Waals surface area contributed by atoms with E-state index < -0.39 is 22.3 Å². The molecule has 1 saturated carbocycles. The molecule has 0 saturated heterocycles. The number of aryl methyl sites for hydroxylation is 1. The molecule has 1 atom stereocenters. The van der Waals surface area contributed by atoms with E-state index in [9.17, 15) is 23.1 Å². The Hall–Kier alpha value is -3.28. The van der Waals surface area contributed by atoms with Gasteiger partial charge in [0.05, 0.1) is 28.6 Å². The van der Waals surface area contributed by atoms with Crippen LogP contribution >= 0.6 is 0 Å². The Labute approximate surface area is 235 Å². The zero-order valence-corrected chi connectivity index (χ0v) is 24.3. The van der Waals surface area contributed by atoms with Crippen molar-refractivity contribution < 1.29 is 32.3 Å². The van der Waals surface area contributed by atoms with E-state index in [0.717, 1.165) is 29.5 Å². The highest BCUT2D eigenvalue weighted by molar-refractivity contribution is 7.69. The summed E-state index contributed by atoms with van der Waals surface area (Å²) in [4.78, 5) is 29.6. The smallest absolute Gasteiger partial charge is 0.309 e. The number of carbonyl (C=O) groups excluding carboxylic acids is 1. The first-order valence-electron chi connectivity index (χ1n) is 13.4. The topological polar surface area (TPSA) is 139 Å². The maximum atomic E-state index is 13.0. The maximum absolute atomic E-state index is 13.0. The molecule has 0 spiro atoms. The second kappa shape index (κ2) is 12.5. The number of nitrogens with zero attached hydrogens (tertiary/aromatic N) is 2. The van der Waals surface area contributed by atoms with Gasteiger partial charge in [0, 0.05) is 32.9 Å². The molecule has 3 aromatic rings. The lowest BCUT2D eigenvalue weighted by Crippen LogP contribution is -2.31. The van der Waals surface area contributed by atoms with Crippen molar-refractivity contribution in [3.05, 3.63) is 52.7 Å². The first-order chi connectivity index (χ1) is 19.1. The van der Waals surface area contributed by atoms with E-state index in [2.05, 4.69) is 5.32 Å². The highest BCUT2D eigenvalue weighted by Gasteiger charge is 2.33. The number of aromatic nitrogens is 1. The van der Waals surface area contributed by atoms with E-state index >= 15 is 0 Å². The van der Waals surface area contributed by atoms with Crippen LogP contribution < -0.4 is 5.32 Å². The zero-order valence-electron chi connectivity index (χ0n) is 23.4. The first kappa shape index (κ1) is 29.7. The van der Waals surface area contributed by atoms with Crippen LogP contribution in [0, 0.1) is 12.3 Å². The molecule has 216 valence electrons. The SMILES string of the molecule is CNC(=O)c1c(-c2ccc(C)cc2)oc2nc(CN(CCCC(C)(CCOC)C(=O)O)[SH](=O)=O)c(C3CC3)cc12. The molecule has 1 aliphatic carbocycles. The lowest BCUT2D eigenvalue weighted by molar-refractivity contribution is -0.149. The Morgan fingerprint density at radius 2 is 1.93 bits per heavy atom. The summed E-state index contributed by atoms with van der Waals surface area (Å²) >= 11 is 0. The van der Waals surface area contributed by atoms with Gasteiger partial charge >= 0.3 is 5.97 Å². The van der Waals surface area contributed by atoms with Gasteiger partial charge in [0.2, 0.25) is 16.6 Å². The fraction of sp³-hybridized carbons (Fsp3) is 0.483. The molecular formula is C29H37N3O7S. The van der Waals surface area contributed by atoms with Crippen LogP contribution in [0.5, 0.6) is 0 Å². The van der Waals surface area contributed by atoms with Crippen LogP contribution in [0.3, 0.4) is 0 Å². The van der Waals surface area contributed by atoms with Crippen LogP contribution in [-0.4, -0.2) is 62.0 Å². The van der Waals surface area contributed by atoms with Gasteiger partial charge in [-0.25, -0.2) is 13.4 Å². The van der Waals surface area contributed by atoms with Crippen molar-refractivity contribution in [2.75, 3.05) is 27.3 Å². The van der Waals surface area contributed by atoms with Gasteiger partial charge in [-0.2, -0.15) is 4.31 Å². The van der Waals surface area contributed by atoms with E-state index in [1.165, 1.54) is 11.4 Å². The van der Waals surface area contributed by atoms with Crippen molar-refractivity contribution in [1.82, 2.24) is 14.6 Å². The Bertz CT molecular complexity index is 1450. The third-order valence-corrected chi connectivity index (χ3v) is 8.47.